The average molecular weight is 359 g/mol. The first kappa shape index (κ1) is 19.1. The molecule has 3 N–H and O–H groups in total. The zero-order valence-electron chi connectivity index (χ0n) is 13.8. The molecule has 9 nitrogen and oxygen atoms in total. The number of hydrogen-bond donors (Lipinski definition) is 2. The first-order valence-corrected chi connectivity index (χ1v) is 8.08. The number of ether oxygens (including phenoxy) is 3. The van der Waals surface area contributed by atoms with Gasteiger partial charge in [0, 0.05) is 12.6 Å². The second-order valence-corrected chi connectivity index (χ2v) is 5.68. The summed E-state index contributed by atoms with van der Waals surface area (Å²) in [4.78, 5) is 26.7. The van der Waals surface area contributed by atoms with Gasteiger partial charge in [-0.05, 0) is 12.5 Å². The van der Waals surface area contributed by atoms with E-state index in [4.69, 9.17) is 15.2 Å². The fourth-order valence-electron chi connectivity index (χ4n) is 2.43. The molecule has 10 heteroatoms. The van der Waals surface area contributed by atoms with E-state index in [2.05, 4.69) is 9.72 Å². The smallest absolute Gasteiger partial charge is 0.434 e. The van der Waals surface area contributed by atoms with Gasteiger partial charge in [0.1, 0.15) is 12.0 Å². The number of nitrogens with zero attached hydrogens (tertiary/aromatic N) is 2. The van der Waals surface area contributed by atoms with Gasteiger partial charge < -0.3 is 25.1 Å². The Morgan fingerprint density at radius 1 is 1.60 bits per heavy atom. The summed E-state index contributed by atoms with van der Waals surface area (Å²) < 4.78 is 29.7. The second-order valence-electron chi connectivity index (χ2n) is 5.68. The van der Waals surface area contributed by atoms with Crippen LogP contribution in [0, 0.1) is 0 Å². The number of hydrogen-bond acceptors (Lipinski definition) is 8. The van der Waals surface area contributed by atoms with E-state index in [1.165, 1.54) is 12.3 Å². The van der Waals surface area contributed by atoms with Gasteiger partial charge in [-0.1, -0.05) is 19.8 Å². The molecule has 0 spiro atoms. The number of carbonyl (C=O) groups is 1. The van der Waals surface area contributed by atoms with Crippen LogP contribution in [0.25, 0.3) is 0 Å². The molecular formula is C15H22FN3O6. The predicted octanol–water partition coefficient (Wildman–Crippen LogP) is 1.11. The summed E-state index contributed by atoms with van der Waals surface area (Å²) in [6, 6.07) is 1.38. The maximum Gasteiger partial charge on any atom is 0.510 e. The number of alkyl halides is 1. The molecule has 1 aliphatic heterocycles. The van der Waals surface area contributed by atoms with E-state index in [0.29, 0.717) is 6.42 Å². The monoisotopic (exact) mass is 359 g/mol. The highest BCUT2D eigenvalue weighted by molar-refractivity contribution is 5.60. The van der Waals surface area contributed by atoms with Crippen LogP contribution >= 0.6 is 0 Å². The van der Waals surface area contributed by atoms with Crippen LogP contribution in [0.3, 0.4) is 0 Å². The van der Waals surface area contributed by atoms with Crippen LogP contribution < -0.4 is 11.4 Å². The minimum Gasteiger partial charge on any atom is -0.434 e. The predicted molar refractivity (Wildman–Crippen MR) is 84.3 cm³/mol. The summed E-state index contributed by atoms with van der Waals surface area (Å²) in [5.74, 6) is 0.0360. The Morgan fingerprint density at radius 3 is 3.04 bits per heavy atom. The summed E-state index contributed by atoms with van der Waals surface area (Å²) in [5.41, 5.74) is 4.71. The molecule has 0 bridgehead atoms. The van der Waals surface area contributed by atoms with E-state index in [1.54, 1.807) is 0 Å². The highest BCUT2D eigenvalue weighted by Gasteiger charge is 2.42. The Kier molecular flexibility index (Phi) is 6.71. The fourth-order valence-corrected chi connectivity index (χ4v) is 2.43. The zero-order valence-corrected chi connectivity index (χ0v) is 13.8. The normalized spacial score (nSPS) is 24.0. The van der Waals surface area contributed by atoms with E-state index in [-0.39, 0.29) is 18.8 Å². The fraction of sp³-hybridized carbons (Fsp3) is 0.667. The average Bonchev–Trinajstić information content (AvgIpc) is 2.93. The minimum atomic E-state index is -2.23. The van der Waals surface area contributed by atoms with Crippen molar-refractivity contribution in [3.63, 3.8) is 0 Å². The van der Waals surface area contributed by atoms with Gasteiger partial charge >= 0.3 is 11.8 Å². The van der Waals surface area contributed by atoms with Gasteiger partial charge in [0.2, 0.25) is 0 Å². The number of aliphatic hydroxyl groups excluding tert-OH is 1. The first-order valence-electron chi connectivity index (χ1n) is 8.08. The van der Waals surface area contributed by atoms with Crippen LogP contribution in [0.1, 0.15) is 38.8 Å². The van der Waals surface area contributed by atoms with Crippen molar-refractivity contribution in [1.82, 2.24) is 9.55 Å². The van der Waals surface area contributed by atoms with Crippen molar-refractivity contribution in [3.8, 4) is 0 Å². The first-order chi connectivity index (χ1) is 11.9. The molecule has 0 amide bonds. The number of nitrogens with two attached hydrogens (primary N) is 1. The maximum absolute atomic E-state index is 14.1. The van der Waals surface area contributed by atoms with E-state index < -0.39 is 36.6 Å². The van der Waals surface area contributed by atoms with Crippen molar-refractivity contribution in [2.75, 3.05) is 12.3 Å². The standard InChI is InChI=1S/C15H22FN3O6/c1-2-3-4-7-23-15(22)25-13(16)12-9(20)8-11(24-12)19-6-5-10(17)18-14(19)21/h5-6,9,11-13,20H,2-4,7-8H2,1H3,(H2,17,18,21)/t9-,11+,12-,13+/m0/s1. The molecule has 1 fully saturated rings. The number of aliphatic hydroxyl groups is 1. The maximum atomic E-state index is 14.1. The Labute approximate surface area is 143 Å². The van der Waals surface area contributed by atoms with Gasteiger partial charge in [-0.25, -0.2) is 9.59 Å². The Morgan fingerprint density at radius 2 is 2.36 bits per heavy atom. The number of unbranched alkanes of at least 4 members (excludes halogenated alkanes) is 2. The molecule has 0 aliphatic carbocycles. The molecule has 1 aromatic rings. The lowest BCUT2D eigenvalue weighted by atomic mass is 10.2. The number of aromatic nitrogens is 2. The summed E-state index contributed by atoms with van der Waals surface area (Å²) in [5, 5.41) is 9.94. The van der Waals surface area contributed by atoms with Gasteiger partial charge in [0.25, 0.3) is 6.36 Å². The second kappa shape index (κ2) is 8.77. The van der Waals surface area contributed by atoms with Crippen LogP contribution in [0.5, 0.6) is 0 Å². The van der Waals surface area contributed by atoms with E-state index in [0.717, 1.165) is 17.4 Å². The molecule has 2 rings (SSSR count). The third-order valence-corrected chi connectivity index (χ3v) is 3.73. The lowest BCUT2D eigenvalue weighted by Crippen LogP contribution is -2.35. The lowest BCUT2D eigenvalue weighted by molar-refractivity contribution is -0.143. The largest absolute Gasteiger partial charge is 0.510 e. The third kappa shape index (κ3) is 5.13. The van der Waals surface area contributed by atoms with E-state index >= 15 is 0 Å². The van der Waals surface area contributed by atoms with Gasteiger partial charge in [-0.15, -0.1) is 0 Å². The molecule has 0 aromatic carbocycles. The lowest BCUT2D eigenvalue weighted by Gasteiger charge is -2.19. The molecular weight excluding hydrogens is 337 g/mol. The van der Waals surface area contributed by atoms with E-state index in [1.807, 2.05) is 6.92 Å². The number of nitrogen functional groups attached to an aromatic ring is 1. The van der Waals surface area contributed by atoms with Crippen LogP contribution in [0.15, 0.2) is 17.1 Å². The van der Waals surface area contributed by atoms with Crippen molar-refractivity contribution in [2.45, 2.75) is 57.4 Å². The number of anilines is 1. The number of rotatable bonds is 7. The van der Waals surface area contributed by atoms with Crippen LogP contribution in [0.2, 0.25) is 0 Å². The third-order valence-electron chi connectivity index (χ3n) is 3.73. The Balaban J connectivity index is 1.89. The molecule has 1 saturated heterocycles. The van der Waals surface area contributed by atoms with Gasteiger partial charge in [0.15, 0.2) is 6.10 Å². The van der Waals surface area contributed by atoms with Crippen molar-refractivity contribution < 1.29 is 28.5 Å². The number of carbonyl (C=O) groups excluding carboxylic acids is 1. The van der Waals surface area contributed by atoms with Crippen LogP contribution in [0.4, 0.5) is 15.0 Å². The molecule has 2 heterocycles. The number of halogens is 1. The topological polar surface area (TPSA) is 126 Å². The van der Waals surface area contributed by atoms with Gasteiger partial charge in [-0.2, -0.15) is 9.37 Å². The summed E-state index contributed by atoms with van der Waals surface area (Å²) in [6.45, 7) is 2.12. The zero-order chi connectivity index (χ0) is 18.4. The SMILES string of the molecule is CCCCCOC(=O)O[C@@H](F)[C@H]1O[C@@H](n2ccc(N)nc2=O)C[C@@H]1O. The van der Waals surface area contributed by atoms with E-state index in [9.17, 15) is 19.1 Å². The summed E-state index contributed by atoms with van der Waals surface area (Å²) in [6.07, 6.45) is -3.29. The van der Waals surface area contributed by atoms with Crippen molar-refractivity contribution in [3.05, 3.63) is 22.7 Å². The van der Waals surface area contributed by atoms with Crippen molar-refractivity contribution in [2.24, 2.45) is 0 Å². The minimum absolute atomic E-state index is 0.0360. The Bertz CT molecular complexity index is 640. The van der Waals surface area contributed by atoms with Crippen LogP contribution in [-0.2, 0) is 14.2 Å². The molecule has 140 valence electrons. The van der Waals surface area contributed by atoms with Gasteiger partial charge in [-0.3, -0.25) is 4.57 Å². The molecule has 4 atom stereocenters. The molecule has 1 aromatic heterocycles. The quantitative estimate of drug-likeness (QED) is 0.548. The highest BCUT2D eigenvalue weighted by atomic mass is 19.1. The molecule has 25 heavy (non-hydrogen) atoms. The molecule has 0 radical (unpaired) electrons. The summed E-state index contributed by atoms with van der Waals surface area (Å²) >= 11 is 0. The Hall–Kier alpha value is -2.20. The molecule has 0 unspecified atom stereocenters. The van der Waals surface area contributed by atoms with Crippen molar-refractivity contribution in [1.29, 1.82) is 0 Å². The van der Waals surface area contributed by atoms with Crippen molar-refractivity contribution >= 4 is 12.0 Å². The van der Waals surface area contributed by atoms with Crippen LogP contribution in [-0.4, -0.2) is 46.0 Å². The molecule has 0 saturated carbocycles. The molecule has 1 aliphatic rings. The summed E-state index contributed by atoms with van der Waals surface area (Å²) in [7, 11) is 0. The van der Waals surface area contributed by atoms with Gasteiger partial charge in [0.05, 0.1) is 12.7 Å². The highest BCUT2D eigenvalue weighted by Crippen LogP contribution is 2.31.